The molecule has 1 aliphatic heterocycles. The number of furan rings is 1. The van der Waals surface area contributed by atoms with Gasteiger partial charge in [0.25, 0.3) is 11.8 Å². The van der Waals surface area contributed by atoms with Crippen LogP contribution in [0.5, 0.6) is 0 Å². The summed E-state index contributed by atoms with van der Waals surface area (Å²) in [6, 6.07) is 11.4. The van der Waals surface area contributed by atoms with Gasteiger partial charge in [-0.1, -0.05) is 18.2 Å². The fraction of sp³-hybridized carbons (Fsp3) is 0.269. The summed E-state index contributed by atoms with van der Waals surface area (Å²) in [7, 11) is 0. The molecule has 0 spiro atoms. The summed E-state index contributed by atoms with van der Waals surface area (Å²) in [4.78, 5) is 33.6. The fourth-order valence-electron chi connectivity index (χ4n) is 4.30. The van der Waals surface area contributed by atoms with Crippen LogP contribution in [0.4, 0.5) is 4.39 Å². The zero-order valence-electron chi connectivity index (χ0n) is 19.6. The lowest BCUT2D eigenvalue weighted by molar-refractivity contribution is 0.0732. The number of rotatable bonds is 5. The molecule has 0 radical (unpaired) electrons. The first-order chi connectivity index (χ1) is 16.8. The summed E-state index contributed by atoms with van der Waals surface area (Å²) >= 11 is 3.06. The van der Waals surface area contributed by atoms with Crippen LogP contribution in [0, 0.1) is 26.6 Å². The van der Waals surface area contributed by atoms with Crippen molar-refractivity contribution in [1.29, 1.82) is 0 Å². The van der Waals surface area contributed by atoms with Crippen LogP contribution in [-0.4, -0.2) is 45.9 Å². The molecule has 1 atom stereocenters. The summed E-state index contributed by atoms with van der Waals surface area (Å²) in [6.45, 7) is 6.01. The van der Waals surface area contributed by atoms with Gasteiger partial charge in [0.05, 0.1) is 27.4 Å². The smallest absolute Gasteiger partial charge is 0.275 e. The maximum absolute atomic E-state index is 13.5. The predicted octanol–water partition coefficient (Wildman–Crippen LogP) is 5.57. The number of fused-ring (bicyclic) bond motifs is 1. The Hall–Kier alpha value is -3.17. The van der Waals surface area contributed by atoms with Gasteiger partial charge >= 0.3 is 0 Å². The van der Waals surface area contributed by atoms with Gasteiger partial charge in [-0.3, -0.25) is 9.59 Å². The number of aryl methyl sites for hydroxylation is 3. The standard InChI is InChI=1S/C26H24FN3O3S2/c1-14-15(2)33-21-6-4-5-20(22(14)21)25(31)28-11-19-12-34-13-30(19)26(32)23-24(35-16(3)29-23)17-7-9-18(27)10-8-17/h4-10,19H,11-13H2,1-3H3,(H,28,31)/t19-/m1/s1. The highest BCUT2D eigenvalue weighted by molar-refractivity contribution is 7.99. The van der Waals surface area contributed by atoms with E-state index in [1.807, 2.05) is 32.9 Å². The van der Waals surface area contributed by atoms with Gasteiger partial charge in [-0.05, 0) is 56.2 Å². The van der Waals surface area contributed by atoms with Gasteiger partial charge in [-0.15, -0.1) is 23.1 Å². The van der Waals surface area contributed by atoms with Gasteiger partial charge in [0.2, 0.25) is 0 Å². The molecule has 0 bridgehead atoms. The lowest BCUT2D eigenvalue weighted by atomic mass is 10.1. The summed E-state index contributed by atoms with van der Waals surface area (Å²) in [5, 5.41) is 4.60. The van der Waals surface area contributed by atoms with E-state index in [9.17, 15) is 14.0 Å². The quantitative estimate of drug-likeness (QED) is 0.381. The van der Waals surface area contributed by atoms with Gasteiger partial charge in [0, 0.05) is 17.7 Å². The Morgan fingerprint density at radius 3 is 2.71 bits per heavy atom. The highest BCUT2D eigenvalue weighted by Gasteiger charge is 2.33. The molecule has 1 N–H and O–H groups in total. The molecular formula is C26H24FN3O3S2. The van der Waals surface area contributed by atoms with E-state index in [0.717, 1.165) is 37.9 Å². The Bertz CT molecular complexity index is 1430. The zero-order chi connectivity index (χ0) is 24.7. The molecule has 5 rings (SSSR count). The largest absolute Gasteiger partial charge is 0.461 e. The average Bonchev–Trinajstić information content (AvgIpc) is 3.55. The average molecular weight is 510 g/mol. The lowest BCUT2D eigenvalue weighted by Crippen LogP contribution is -2.44. The number of benzene rings is 2. The molecule has 2 aromatic carbocycles. The highest BCUT2D eigenvalue weighted by atomic mass is 32.2. The number of carbonyl (C=O) groups excluding carboxylic acids is 2. The second-order valence-corrected chi connectivity index (χ2v) is 10.7. The maximum Gasteiger partial charge on any atom is 0.275 e. The van der Waals surface area contributed by atoms with E-state index >= 15 is 0 Å². The molecule has 2 aromatic heterocycles. The summed E-state index contributed by atoms with van der Waals surface area (Å²) in [5.74, 6) is 1.33. The number of nitrogens with zero attached hydrogens (tertiary/aromatic N) is 2. The summed E-state index contributed by atoms with van der Waals surface area (Å²) in [6.07, 6.45) is 0. The zero-order valence-corrected chi connectivity index (χ0v) is 21.2. The third kappa shape index (κ3) is 4.46. The Labute approximate surface area is 210 Å². The molecule has 2 amide bonds. The van der Waals surface area contributed by atoms with Crippen LogP contribution in [0.3, 0.4) is 0 Å². The third-order valence-corrected chi connectivity index (χ3v) is 8.32. The number of thioether (sulfide) groups is 1. The monoisotopic (exact) mass is 509 g/mol. The molecule has 9 heteroatoms. The minimum absolute atomic E-state index is 0.161. The van der Waals surface area contributed by atoms with Crippen molar-refractivity contribution in [3.8, 4) is 10.4 Å². The van der Waals surface area contributed by atoms with Crippen molar-refractivity contribution in [2.45, 2.75) is 26.8 Å². The molecular weight excluding hydrogens is 485 g/mol. The normalized spacial score (nSPS) is 15.7. The predicted molar refractivity (Wildman–Crippen MR) is 138 cm³/mol. The van der Waals surface area contributed by atoms with Crippen molar-refractivity contribution in [1.82, 2.24) is 15.2 Å². The first-order valence-electron chi connectivity index (χ1n) is 11.2. The van der Waals surface area contributed by atoms with Crippen LogP contribution >= 0.6 is 23.1 Å². The van der Waals surface area contributed by atoms with E-state index in [1.54, 1.807) is 34.9 Å². The number of carbonyl (C=O) groups is 2. The number of hydrogen-bond donors (Lipinski definition) is 1. The van der Waals surface area contributed by atoms with E-state index in [1.165, 1.54) is 23.5 Å². The topological polar surface area (TPSA) is 75.4 Å². The van der Waals surface area contributed by atoms with Gasteiger partial charge < -0.3 is 14.6 Å². The number of aromatic nitrogens is 1. The van der Waals surface area contributed by atoms with Crippen LogP contribution < -0.4 is 5.32 Å². The van der Waals surface area contributed by atoms with Crippen LogP contribution in [0.25, 0.3) is 21.4 Å². The minimum atomic E-state index is -0.328. The number of hydrogen-bond acceptors (Lipinski definition) is 6. The third-order valence-electron chi connectivity index (χ3n) is 6.22. The van der Waals surface area contributed by atoms with Crippen molar-refractivity contribution >= 4 is 45.9 Å². The lowest BCUT2D eigenvalue weighted by Gasteiger charge is -2.24. The second kappa shape index (κ2) is 9.47. The summed E-state index contributed by atoms with van der Waals surface area (Å²) in [5.41, 5.74) is 3.33. The molecule has 1 fully saturated rings. The van der Waals surface area contributed by atoms with Gasteiger partial charge in [0.1, 0.15) is 22.9 Å². The van der Waals surface area contributed by atoms with Gasteiger partial charge in [-0.2, -0.15) is 0 Å². The van der Waals surface area contributed by atoms with E-state index in [0.29, 0.717) is 29.3 Å². The Kier molecular flexibility index (Phi) is 6.37. The molecule has 1 saturated heterocycles. The molecule has 4 aromatic rings. The van der Waals surface area contributed by atoms with Crippen molar-refractivity contribution in [2.24, 2.45) is 0 Å². The Morgan fingerprint density at radius 1 is 1.17 bits per heavy atom. The van der Waals surface area contributed by atoms with E-state index in [4.69, 9.17) is 4.42 Å². The van der Waals surface area contributed by atoms with Gasteiger partial charge in [-0.25, -0.2) is 9.37 Å². The van der Waals surface area contributed by atoms with Crippen molar-refractivity contribution < 1.29 is 18.4 Å². The SMILES string of the molecule is Cc1nc(C(=O)N2CSC[C@H]2CNC(=O)c2cccc3oc(C)c(C)c23)c(-c2ccc(F)cc2)s1. The van der Waals surface area contributed by atoms with Crippen molar-refractivity contribution in [3.63, 3.8) is 0 Å². The first-order valence-corrected chi connectivity index (χ1v) is 13.2. The Morgan fingerprint density at radius 2 is 1.94 bits per heavy atom. The fourth-order valence-corrected chi connectivity index (χ4v) is 6.41. The molecule has 180 valence electrons. The van der Waals surface area contributed by atoms with Crippen LogP contribution in [0.15, 0.2) is 46.9 Å². The number of amides is 2. The van der Waals surface area contributed by atoms with Crippen LogP contribution in [0.2, 0.25) is 0 Å². The minimum Gasteiger partial charge on any atom is -0.461 e. The van der Waals surface area contributed by atoms with E-state index < -0.39 is 0 Å². The molecule has 35 heavy (non-hydrogen) atoms. The number of halogens is 1. The molecule has 0 saturated carbocycles. The molecule has 1 aliphatic rings. The summed E-state index contributed by atoms with van der Waals surface area (Å²) < 4.78 is 19.2. The molecule has 6 nitrogen and oxygen atoms in total. The van der Waals surface area contributed by atoms with E-state index in [2.05, 4.69) is 10.3 Å². The Balaban J connectivity index is 1.34. The maximum atomic E-state index is 13.5. The first kappa shape index (κ1) is 23.6. The van der Waals surface area contributed by atoms with E-state index in [-0.39, 0.29) is 23.7 Å². The molecule has 0 aliphatic carbocycles. The number of thiazole rings is 1. The molecule has 0 unspecified atom stereocenters. The second-order valence-electron chi connectivity index (χ2n) is 8.52. The number of nitrogens with one attached hydrogen (secondary N) is 1. The van der Waals surface area contributed by atoms with Crippen LogP contribution in [0.1, 0.15) is 37.2 Å². The van der Waals surface area contributed by atoms with Gasteiger partial charge in [0.15, 0.2) is 0 Å². The molecule has 3 heterocycles. The van der Waals surface area contributed by atoms with Crippen LogP contribution in [-0.2, 0) is 0 Å². The van der Waals surface area contributed by atoms with Crippen molar-refractivity contribution in [2.75, 3.05) is 18.2 Å². The highest BCUT2D eigenvalue weighted by Crippen LogP contribution is 2.33. The van der Waals surface area contributed by atoms with Crippen molar-refractivity contribution in [3.05, 3.63) is 75.9 Å².